The van der Waals surface area contributed by atoms with E-state index in [4.69, 9.17) is 9.15 Å². The number of carbonyl (C=O) groups is 1. The van der Waals surface area contributed by atoms with Crippen molar-refractivity contribution < 1.29 is 13.9 Å². The average Bonchev–Trinajstić information content (AvgIpc) is 3.38. The molecule has 0 aliphatic heterocycles. The van der Waals surface area contributed by atoms with Gasteiger partial charge in [0.2, 0.25) is 5.89 Å². The maximum absolute atomic E-state index is 11.7. The Labute approximate surface area is 193 Å². The van der Waals surface area contributed by atoms with Crippen LogP contribution in [0, 0.1) is 40.4 Å². The molecular weight excluding hydrogens is 400 g/mol. The number of esters is 1. The second-order valence-electron chi connectivity index (χ2n) is 11.8. The summed E-state index contributed by atoms with van der Waals surface area (Å²) in [5.74, 6) is 4.75. The van der Waals surface area contributed by atoms with E-state index in [0.717, 1.165) is 42.4 Å². The fourth-order valence-electron chi connectivity index (χ4n) is 9.01. The lowest BCUT2D eigenvalue weighted by Crippen LogP contribution is -2.52. The first-order valence-corrected chi connectivity index (χ1v) is 13.4. The predicted molar refractivity (Wildman–Crippen MR) is 123 cm³/mol. The summed E-state index contributed by atoms with van der Waals surface area (Å²) in [4.78, 5) is 11.7. The van der Waals surface area contributed by atoms with Gasteiger partial charge in [0, 0.05) is 6.42 Å². The molecule has 4 aliphatic rings. The Morgan fingerprint density at radius 3 is 2.69 bits per heavy atom. The van der Waals surface area contributed by atoms with Crippen LogP contribution in [0.1, 0.15) is 114 Å². The lowest BCUT2D eigenvalue weighted by atomic mass is 9.45. The molecule has 5 nitrogen and oxygen atoms in total. The summed E-state index contributed by atoms with van der Waals surface area (Å²) in [7, 11) is 0. The molecule has 1 heterocycles. The fourth-order valence-corrected chi connectivity index (χ4v) is 9.01. The number of rotatable bonds is 6. The summed E-state index contributed by atoms with van der Waals surface area (Å²) in [5, 5.41) is 7.92. The first kappa shape index (κ1) is 22.4. The number of aryl methyl sites for hydroxylation is 1. The molecule has 0 spiro atoms. The van der Waals surface area contributed by atoms with Crippen LogP contribution in [0.4, 0.5) is 0 Å². The normalized spacial score (nSPS) is 40.9. The Morgan fingerprint density at radius 1 is 1.00 bits per heavy atom. The van der Waals surface area contributed by atoms with Gasteiger partial charge in [-0.3, -0.25) is 0 Å². The van der Waals surface area contributed by atoms with Gasteiger partial charge in [0.1, 0.15) is 0 Å². The maximum atomic E-state index is 11.7. The van der Waals surface area contributed by atoms with Crippen molar-refractivity contribution in [3.8, 4) is 0 Å². The van der Waals surface area contributed by atoms with Gasteiger partial charge >= 0.3 is 11.9 Å². The molecule has 0 amide bonds. The number of fused-ring (bicyclic) bond motifs is 5. The molecule has 5 heteroatoms. The number of carbonyl (C=O) groups excluding carboxylic acids is 1. The van der Waals surface area contributed by atoms with Crippen LogP contribution in [0.15, 0.2) is 4.42 Å². The SMILES string of the molecule is CCOC(=O)c1nnc(CCCC2CCC3C4CCC5CCCCC5(C)C4CCC23C)o1. The van der Waals surface area contributed by atoms with Crippen molar-refractivity contribution in [1.29, 1.82) is 0 Å². The lowest BCUT2D eigenvalue weighted by molar-refractivity contribution is -0.111. The Bertz CT molecular complexity index is 822. The van der Waals surface area contributed by atoms with Crippen molar-refractivity contribution in [3.05, 3.63) is 11.8 Å². The van der Waals surface area contributed by atoms with E-state index in [-0.39, 0.29) is 5.89 Å². The standard InChI is InChI=1S/C27H42N2O3/c1-4-31-25(30)24-29-28-23(32-24)10-7-9-19-12-14-21-20-13-11-18-8-5-6-16-26(18,2)22(20)15-17-27(19,21)3/h18-22H,4-17H2,1-3H3. The van der Waals surface area contributed by atoms with Crippen LogP contribution in [0.5, 0.6) is 0 Å². The van der Waals surface area contributed by atoms with Crippen molar-refractivity contribution in [2.75, 3.05) is 6.61 Å². The van der Waals surface area contributed by atoms with Gasteiger partial charge in [0.15, 0.2) is 0 Å². The van der Waals surface area contributed by atoms with Crippen molar-refractivity contribution in [2.45, 2.75) is 104 Å². The van der Waals surface area contributed by atoms with Crippen molar-refractivity contribution in [1.82, 2.24) is 10.2 Å². The van der Waals surface area contributed by atoms with Gasteiger partial charge in [-0.1, -0.05) is 26.7 Å². The smallest absolute Gasteiger partial charge is 0.396 e. The van der Waals surface area contributed by atoms with E-state index in [1.165, 1.54) is 70.6 Å². The molecule has 0 saturated heterocycles. The van der Waals surface area contributed by atoms with Crippen LogP contribution in [0.25, 0.3) is 0 Å². The quantitative estimate of drug-likeness (QED) is 0.463. The molecule has 0 N–H and O–H groups in total. The summed E-state index contributed by atoms with van der Waals surface area (Å²) >= 11 is 0. The minimum absolute atomic E-state index is 0.0140. The zero-order valence-corrected chi connectivity index (χ0v) is 20.4. The second kappa shape index (κ2) is 8.76. The van der Waals surface area contributed by atoms with E-state index in [2.05, 4.69) is 24.0 Å². The first-order valence-electron chi connectivity index (χ1n) is 13.4. The summed E-state index contributed by atoms with van der Waals surface area (Å²) in [5.41, 5.74) is 1.15. The number of nitrogens with zero attached hydrogens (tertiary/aromatic N) is 2. The van der Waals surface area contributed by atoms with E-state index >= 15 is 0 Å². The lowest BCUT2D eigenvalue weighted by Gasteiger charge is -2.60. The topological polar surface area (TPSA) is 65.2 Å². The summed E-state index contributed by atoms with van der Waals surface area (Å²) < 4.78 is 10.5. The van der Waals surface area contributed by atoms with Crippen LogP contribution in [-0.2, 0) is 11.2 Å². The molecule has 4 saturated carbocycles. The van der Waals surface area contributed by atoms with Crippen molar-refractivity contribution in [3.63, 3.8) is 0 Å². The number of ether oxygens (including phenoxy) is 1. The van der Waals surface area contributed by atoms with Crippen LogP contribution in [0.2, 0.25) is 0 Å². The number of hydrogen-bond donors (Lipinski definition) is 0. The van der Waals surface area contributed by atoms with E-state index in [0.29, 0.717) is 23.3 Å². The Balaban J connectivity index is 1.19. The first-order chi connectivity index (χ1) is 15.5. The molecule has 178 valence electrons. The zero-order valence-electron chi connectivity index (χ0n) is 20.4. The highest BCUT2D eigenvalue weighted by atomic mass is 16.5. The summed E-state index contributed by atoms with van der Waals surface area (Å²) in [6.07, 6.45) is 17.7. The van der Waals surface area contributed by atoms with Gasteiger partial charge in [0.05, 0.1) is 6.61 Å². The molecule has 0 radical (unpaired) electrons. The molecule has 5 rings (SSSR count). The third-order valence-corrected chi connectivity index (χ3v) is 10.6. The van der Waals surface area contributed by atoms with Gasteiger partial charge in [-0.2, -0.15) is 0 Å². The van der Waals surface area contributed by atoms with Gasteiger partial charge < -0.3 is 9.15 Å². The number of aromatic nitrogens is 2. The Morgan fingerprint density at radius 2 is 1.84 bits per heavy atom. The molecule has 0 bridgehead atoms. The Kier molecular flexibility index (Phi) is 6.13. The molecule has 0 aromatic carbocycles. The van der Waals surface area contributed by atoms with Gasteiger partial charge in [-0.05, 0) is 112 Å². The Hall–Kier alpha value is -1.39. The van der Waals surface area contributed by atoms with Gasteiger partial charge in [-0.25, -0.2) is 4.79 Å². The molecule has 1 aromatic rings. The predicted octanol–water partition coefficient (Wildman–Crippen LogP) is 6.62. The zero-order chi connectivity index (χ0) is 22.3. The minimum atomic E-state index is -0.518. The second-order valence-corrected chi connectivity index (χ2v) is 11.8. The molecule has 7 atom stereocenters. The van der Waals surface area contributed by atoms with Crippen molar-refractivity contribution in [2.24, 2.45) is 40.4 Å². The molecule has 4 fully saturated rings. The highest BCUT2D eigenvalue weighted by molar-refractivity contribution is 5.83. The van der Waals surface area contributed by atoms with E-state index < -0.39 is 5.97 Å². The molecule has 4 aliphatic carbocycles. The summed E-state index contributed by atoms with van der Waals surface area (Å²) in [6.45, 7) is 7.41. The highest BCUT2D eigenvalue weighted by Gasteiger charge is 2.59. The molecule has 1 aromatic heterocycles. The minimum Gasteiger partial charge on any atom is -0.459 e. The van der Waals surface area contributed by atoms with Crippen LogP contribution < -0.4 is 0 Å². The number of hydrogen-bond acceptors (Lipinski definition) is 5. The van der Waals surface area contributed by atoms with Crippen molar-refractivity contribution >= 4 is 5.97 Å². The van der Waals surface area contributed by atoms with Crippen LogP contribution in [-0.4, -0.2) is 22.8 Å². The van der Waals surface area contributed by atoms with Crippen LogP contribution >= 0.6 is 0 Å². The largest absolute Gasteiger partial charge is 0.459 e. The highest BCUT2D eigenvalue weighted by Crippen LogP contribution is 2.67. The van der Waals surface area contributed by atoms with E-state index in [1.54, 1.807) is 6.92 Å². The maximum Gasteiger partial charge on any atom is 0.396 e. The third kappa shape index (κ3) is 3.72. The van der Waals surface area contributed by atoms with E-state index in [1.807, 2.05) is 0 Å². The van der Waals surface area contributed by atoms with Gasteiger partial charge in [0.25, 0.3) is 0 Å². The monoisotopic (exact) mass is 442 g/mol. The fraction of sp³-hybridized carbons (Fsp3) is 0.889. The molecule has 7 unspecified atom stereocenters. The van der Waals surface area contributed by atoms with E-state index in [9.17, 15) is 4.79 Å². The molecular formula is C27H42N2O3. The molecule has 32 heavy (non-hydrogen) atoms. The summed E-state index contributed by atoms with van der Waals surface area (Å²) in [6, 6.07) is 0. The average molecular weight is 443 g/mol. The van der Waals surface area contributed by atoms with Gasteiger partial charge in [-0.15, -0.1) is 10.2 Å². The van der Waals surface area contributed by atoms with Crippen LogP contribution in [0.3, 0.4) is 0 Å². The third-order valence-electron chi connectivity index (χ3n) is 10.6.